The molecular formula is C10H13N3O4S. The first-order chi connectivity index (χ1) is 8.38. The number of aromatic nitrogens is 2. The summed E-state index contributed by atoms with van der Waals surface area (Å²) in [5, 5.41) is 8.73. The lowest BCUT2D eigenvalue weighted by Crippen LogP contribution is -2.33. The lowest BCUT2D eigenvalue weighted by atomic mass is 10.1. The molecule has 2 N–H and O–H groups in total. The van der Waals surface area contributed by atoms with Gasteiger partial charge in [-0.2, -0.15) is 0 Å². The van der Waals surface area contributed by atoms with E-state index in [9.17, 15) is 13.2 Å². The summed E-state index contributed by atoms with van der Waals surface area (Å²) >= 11 is 0. The zero-order valence-corrected chi connectivity index (χ0v) is 10.5. The number of imidazole rings is 1. The van der Waals surface area contributed by atoms with E-state index in [2.05, 4.69) is 9.71 Å². The number of aryl methyl sites for hydroxylation is 1. The molecule has 0 spiro atoms. The van der Waals surface area contributed by atoms with Gasteiger partial charge in [-0.05, 0) is 6.42 Å². The first kappa shape index (κ1) is 12.8. The van der Waals surface area contributed by atoms with E-state index in [1.54, 1.807) is 13.1 Å². The minimum Gasteiger partial charge on any atom is -0.481 e. The molecule has 0 aliphatic heterocycles. The van der Waals surface area contributed by atoms with Gasteiger partial charge in [-0.1, -0.05) is 12.2 Å². The van der Waals surface area contributed by atoms with Gasteiger partial charge in [-0.3, -0.25) is 4.79 Å². The number of carboxylic acid groups (broad SMARTS) is 1. The Labute approximate surface area is 104 Å². The van der Waals surface area contributed by atoms with Crippen LogP contribution in [0, 0.1) is 5.92 Å². The molecular weight excluding hydrogens is 258 g/mol. The average molecular weight is 271 g/mol. The maximum absolute atomic E-state index is 11.9. The zero-order valence-electron chi connectivity index (χ0n) is 9.65. The molecule has 1 aliphatic carbocycles. The van der Waals surface area contributed by atoms with E-state index in [1.165, 1.54) is 23.2 Å². The summed E-state index contributed by atoms with van der Waals surface area (Å²) in [5.74, 6) is -1.59. The Bertz CT molecular complexity index is 590. The fraction of sp³-hybridized carbons (Fsp3) is 0.400. The number of rotatable bonds is 4. The van der Waals surface area contributed by atoms with Crippen LogP contribution in [0.2, 0.25) is 0 Å². The molecule has 18 heavy (non-hydrogen) atoms. The molecule has 0 saturated heterocycles. The summed E-state index contributed by atoms with van der Waals surface area (Å²) in [6, 6.07) is -0.502. The second-order valence-corrected chi connectivity index (χ2v) is 5.83. The first-order valence-corrected chi connectivity index (χ1v) is 6.78. The molecule has 1 aliphatic rings. The molecule has 1 aromatic rings. The standard InChI is InChI=1S/C10H13N3O4S/c1-13-5-9(11-6-13)18(16,17)12-8-3-2-7(4-8)10(14)15/h2-3,5-8,12H,4H2,1H3,(H,14,15). The number of carbonyl (C=O) groups is 1. The fourth-order valence-corrected chi connectivity index (χ4v) is 2.94. The van der Waals surface area contributed by atoms with Crippen LogP contribution in [0.3, 0.4) is 0 Å². The van der Waals surface area contributed by atoms with Crippen LogP contribution in [0.4, 0.5) is 0 Å². The molecule has 0 bridgehead atoms. The van der Waals surface area contributed by atoms with Crippen LogP contribution in [-0.4, -0.2) is 35.1 Å². The summed E-state index contributed by atoms with van der Waals surface area (Å²) in [6.45, 7) is 0. The fourth-order valence-electron chi connectivity index (χ4n) is 1.76. The lowest BCUT2D eigenvalue weighted by Gasteiger charge is -2.10. The molecule has 0 saturated carbocycles. The van der Waals surface area contributed by atoms with Gasteiger partial charge in [-0.15, -0.1) is 0 Å². The number of nitrogens with one attached hydrogen (secondary N) is 1. The molecule has 0 amide bonds. The quantitative estimate of drug-likeness (QED) is 0.734. The van der Waals surface area contributed by atoms with E-state index < -0.39 is 28.0 Å². The highest BCUT2D eigenvalue weighted by molar-refractivity contribution is 7.89. The van der Waals surface area contributed by atoms with Crippen molar-refractivity contribution in [1.82, 2.24) is 14.3 Å². The van der Waals surface area contributed by atoms with Crippen molar-refractivity contribution in [3.63, 3.8) is 0 Å². The number of carboxylic acids is 1. The largest absolute Gasteiger partial charge is 0.481 e. The van der Waals surface area contributed by atoms with Gasteiger partial charge in [0.25, 0.3) is 10.0 Å². The summed E-state index contributed by atoms with van der Waals surface area (Å²) in [5.41, 5.74) is 0. The van der Waals surface area contributed by atoms with E-state index in [0.29, 0.717) is 0 Å². The number of hydrogen-bond donors (Lipinski definition) is 2. The van der Waals surface area contributed by atoms with Crippen LogP contribution in [0.25, 0.3) is 0 Å². The van der Waals surface area contributed by atoms with Crippen LogP contribution in [0.1, 0.15) is 6.42 Å². The third-order valence-corrected chi connectivity index (χ3v) is 4.04. The van der Waals surface area contributed by atoms with E-state index in [-0.39, 0.29) is 11.4 Å². The Morgan fingerprint density at radius 1 is 1.56 bits per heavy atom. The van der Waals surface area contributed by atoms with E-state index >= 15 is 0 Å². The highest BCUT2D eigenvalue weighted by Crippen LogP contribution is 2.19. The van der Waals surface area contributed by atoms with Crippen LogP contribution in [0.15, 0.2) is 29.7 Å². The molecule has 7 nitrogen and oxygen atoms in total. The maximum atomic E-state index is 11.9. The van der Waals surface area contributed by atoms with Crippen LogP contribution in [-0.2, 0) is 21.9 Å². The minimum absolute atomic E-state index is 0.0721. The van der Waals surface area contributed by atoms with Gasteiger partial charge in [0.1, 0.15) is 0 Å². The van der Waals surface area contributed by atoms with E-state index in [4.69, 9.17) is 5.11 Å². The highest BCUT2D eigenvalue weighted by Gasteiger charge is 2.28. The molecule has 0 radical (unpaired) electrons. The van der Waals surface area contributed by atoms with Gasteiger partial charge in [-0.25, -0.2) is 18.1 Å². The SMILES string of the molecule is Cn1cnc(S(=O)(=O)NC2C=CC(C(=O)O)C2)c1. The normalized spacial score (nSPS) is 23.4. The third-order valence-electron chi connectivity index (χ3n) is 2.66. The van der Waals surface area contributed by atoms with Gasteiger partial charge in [0.05, 0.1) is 12.2 Å². The number of sulfonamides is 1. The molecule has 1 aromatic heterocycles. The Balaban J connectivity index is 2.07. The predicted octanol–water partition coefficient (Wildman–Crippen LogP) is -0.272. The molecule has 0 aromatic carbocycles. The Morgan fingerprint density at radius 3 is 2.78 bits per heavy atom. The summed E-state index contributed by atoms with van der Waals surface area (Å²) < 4.78 is 27.8. The van der Waals surface area contributed by atoms with Crippen molar-refractivity contribution in [2.45, 2.75) is 17.5 Å². The van der Waals surface area contributed by atoms with Crippen LogP contribution in [0.5, 0.6) is 0 Å². The second kappa shape index (κ2) is 4.54. The van der Waals surface area contributed by atoms with Crippen molar-refractivity contribution in [2.24, 2.45) is 13.0 Å². The average Bonchev–Trinajstić information content (AvgIpc) is 2.86. The smallest absolute Gasteiger partial charge is 0.310 e. The minimum atomic E-state index is -3.70. The second-order valence-electron chi connectivity index (χ2n) is 4.17. The summed E-state index contributed by atoms with van der Waals surface area (Å²) in [4.78, 5) is 14.5. The predicted molar refractivity (Wildman–Crippen MR) is 62.2 cm³/mol. The molecule has 2 atom stereocenters. The summed E-state index contributed by atoms with van der Waals surface area (Å²) in [7, 11) is -2.03. The Morgan fingerprint density at radius 2 is 2.28 bits per heavy atom. The molecule has 2 unspecified atom stereocenters. The topological polar surface area (TPSA) is 101 Å². The molecule has 2 rings (SSSR count). The van der Waals surface area contributed by atoms with Gasteiger partial charge in [0.15, 0.2) is 5.03 Å². The Kier molecular flexibility index (Phi) is 3.22. The van der Waals surface area contributed by atoms with Crippen molar-refractivity contribution in [1.29, 1.82) is 0 Å². The number of nitrogens with zero attached hydrogens (tertiary/aromatic N) is 2. The first-order valence-electron chi connectivity index (χ1n) is 5.30. The molecule has 1 heterocycles. The molecule has 98 valence electrons. The van der Waals surface area contributed by atoms with Crippen LogP contribution < -0.4 is 4.72 Å². The van der Waals surface area contributed by atoms with Gasteiger partial charge in [0, 0.05) is 19.3 Å². The lowest BCUT2D eigenvalue weighted by molar-refractivity contribution is -0.140. The van der Waals surface area contributed by atoms with Crippen molar-refractivity contribution in [3.8, 4) is 0 Å². The van der Waals surface area contributed by atoms with E-state index in [0.717, 1.165) is 0 Å². The Hall–Kier alpha value is -1.67. The van der Waals surface area contributed by atoms with Crippen molar-refractivity contribution in [2.75, 3.05) is 0 Å². The third kappa shape index (κ3) is 2.59. The van der Waals surface area contributed by atoms with Crippen molar-refractivity contribution in [3.05, 3.63) is 24.7 Å². The highest BCUT2D eigenvalue weighted by atomic mass is 32.2. The maximum Gasteiger partial charge on any atom is 0.310 e. The van der Waals surface area contributed by atoms with Gasteiger partial charge in [0.2, 0.25) is 0 Å². The number of aliphatic carboxylic acids is 1. The number of hydrogen-bond acceptors (Lipinski definition) is 4. The van der Waals surface area contributed by atoms with Gasteiger partial charge < -0.3 is 9.67 Å². The van der Waals surface area contributed by atoms with Crippen molar-refractivity contribution >= 4 is 16.0 Å². The van der Waals surface area contributed by atoms with Crippen LogP contribution >= 0.6 is 0 Å². The monoisotopic (exact) mass is 271 g/mol. The summed E-state index contributed by atoms with van der Waals surface area (Å²) in [6.07, 6.45) is 6.05. The zero-order chi connectivity index (χ0) is 13.3. The van der Waals surface area contributed by atoms with Gasteiger partial charge >= 0.3 is 5.97 Å². The van der Waals surface area contributed by atoms with E-state index in [1.807, 2.05) is 0 Å². The van der Waals surface area contributed by atoms with Crippen molar-refractivity contribution < 1.29 is 18.3 Å². The molecule has 8 heteroatoms. The molecule has 0 fully saturated rings.